The van der Waals surface area contributed by atoms with E-state index in [1.165, 1.54) is 5.56 Å². The minimum absolute atomic E-state index is 0.126. The molecular weight excluding hydrogens is 277 g/mol. The Morgan fingerprint density at radius 3 is 2.76 bits per heavy atom. The molecule has 0 spiro atoms. The van der Waals surface area contributed by atoms with Crippen molar-refractivity contribution >= 4 is 5.69 Å². The average Bonchev–Trinajstić information content (AvgIpc) is 2.91. The second-order valence-corrected chi connectivity index (χ2v) is 6.29. The number of fused-ring (bicyclic) bond motifs is 1. The topological polar surface area (TPSA) is 29.3 Å². The minimum atomic E-state index is -4.11. The van der Waals surface area contributed by atoms with Gasteiger partial charge in [0, 0.05) is 18.8 Å². The van der Waals surface area contributed by atoms with Gasteiger partial charge in [0.15, 0.2) is 0 Å². The number of nitrogens with zero attached hydrogens (tertiary/aromatic N) is 1. The number of anilines is 1. The van der Waals surface area contributed by atoms with Gasteiger partial charge in [0.1, 0.15) is 0 Å². The first-order chi connectivity index (χ1) is 9.96. The van der Waals surface area contributed by atoms with Crippen LogP contribution in [0, 0.1) is 5.92 Å². The van der Waals surface area contributed by atoms with E-state index in [1.807, 2.05) is 18.2 Å². The predicted molar refractivity (Wildman–Crippen MR) is 77.3 cm³/mol. The molecule has 2 aliphatic rings. The molecule has 2 nitrogen and oxygen atoms in total. The molecule has 1 aromatic carbocycles. The molecule has 2 N–H and O–H groups in total. The predicted octanol–water partition coefficient (Wildman–Crippen LogP) is 3.50. The van der Waals surface area contributed by atoms with Gasteiger partial charge in [-0.15, -0.1) is 0 Å². The van der Waals surface area contributed by atoms with Gasteiger partial charge in [-0.05, 0) is 37.3 Å². The van der Waals surface area contributed by atoms with Gasteiger partial charge >= 0.3 is 6.18 Å². The smallest absolute Gasteiger partial charge is 0.364 e. The van der Waals surface area contributed by atoms with Gasteiger partial charge in [-0.1, -0.05) is 24.6 Å². The van der Waals surface area contributed by atoms with E-state index < -0.39 is 17.6 Å². The van der Waals surface area contributed by atoms with Crippen LogP contribution in [0.2, 0.25) is 0 Å². The lowest BCUT2D eigenvalue weighted by molar-refractivity contribution is -0.186. The molecule has 0 radical (unpaired) electrons. The number of benzene rings is 1. The summed E-state index contributed by atoms with van der Waals surface area (Å²) in [6.45, 7) is 1.06. The maximum Gasteiger partial charge on any atom is 0.391 e. The van der Waals surface area contributed by atoms with Crippen LogP contribution in [-0.4, -0.2) is 24.8 Å². The fourth-order valence-electron chi connectivity index (χ4n) is 3.99. The maximum absolute atomic E-state index is 13.1. The third kappa shape index (κ3) is 2.52. The summed E-state index contributed by atoms with van der Waals surface area (Å²) in [6.07, 6.45) is -1.50. The highest BCUT2D eigenvalue weighted by Crippen LogP contribution is 2.46. The van der Waals surface area contributed by atoms with Crippen LogP contribution in [0.25, 0.3) is 0 Å². The summed E-state index contributed by atoms with van der Waals surface area (Å²) in [5.41, 5.74) is 7.73. The van der Waals surface area contributed by atoms with Crippen molar-refractivity contribution in [2.75, 3.05) is 18.0 Å². The summed E-state index contributed by atoms with van der Waals surface area (Å²) in [7, 11) is 0. The normalized spacial score (nSPS) is 29.5. The molecule has 5 heteroatoms. The molecule has 1 saturated carbocycles. The molecule has 116 valence electrons. The summed E-state index contributed by atoms with van der Waals surface area (Å²) < 4.78 is 39.4. The quantitative estimate of drug-likeness (QED) is 0.905. The number of hydrogen-bond acceptors (Lipinski definition) is 2. The van der Waals surface area contributed by atoms with Crippen LogP contribution in [0.15, 0.2) is 24.3 Å². The molecule has 1 aliphatic heterocycles. The zero-order chi connectivity index (χ0) is 15.1. The third-order valence-electron chi connectivity index (χ3n) is 5.12. The van der Waals surface area contributed by atoms with E-state index in [9.17, 15) is 13.2 Å². The largest absolute Gasteiger partial charge is 0.391 e. The minimum Gasteiger partial charge on any atom is -0.364 e. The van der Waals surface area contributed by atoms with Gasteiger partial charge in [0.2, 0.25) is 0 Å². The van der Waals surface area contributed by atoms with E-state index in [0.29, 0.717) is 6.42 Å². The van der Waals surface area contributed by atoms with E-state index in [0.717, 1.165) is 25.1 Å². The first kappa shape index (κ1) is 14.7. The van der Waals surface area contributed by atoms with Gasteiger partial charge in [0.05, 0.1) is 11.5 Å². The highest BCUT2D eigenvalue weighted by atomic mass is 19.4. The summed E-state index contributed by atoms with van der Waals surface area (Å²) in [4.78, 5) is 2.15. The van der Waals surface area contributed by atoms with Crippen molar-refractivity contribution in [3.8, 4) is 0 Å². The monoisotopic (exact) mass is 298 g/mol. The molecule has 2 unspecified atom stereocenters. The van der Waals surface area contributed by atoms with E-state index in [2.05, 4.69) is 11.0 Å². The van der Waals surface area contributed by atoms with Gasteiger partial charge < -0.3 is 10.6 Å². The summed E-state index contributed by atoms with van der Waals surface area (Å²) in [5, 5.41) is 0. The molecule has 3 rings (SSSR count). The molecule has 0 saturated heterocycles. The maximum atomic E-state index is 13.1. The standard InChI is InChI=1S/C16H21F3N2/c17-16(18,19)13-5-3-8-15(10-13,11-20)21-9-7-12-4-1-2-6-14(12)21/h1-2,4,6,13H,3,5,7-11,20H2. The van der Waals surface area contributed by atoms with Gasteiger partial charge in [-0.25, -0.2) is 0 Å². The number of rotatable bonds is 2. The first-order valence-electron chi connectivity index (χ1n) is 7.59. The number of para-hydroxylation sites is 1. The van der Waals surface area contributed by atoms with Crippen LogP contribution in [0.1, 0.15) is 31.2 Å². The molecular formula is C16H21F3N2. The first-order valence-corrected chi connectivity index (χ1v) is 7.59. The fourth-order valence-corrected chi connectivity index (χ4v) is 3.99. The number of hydrogen-bond donors (Lipinski definition) is 1. The molecule has 1 heterocycles. The van der Waals surface area contributed by atoms with Gasteiger partial charge in [0.25, 0.3) is 0 Å². The van der Waals surface area contributed by atoms with Crippen molar-refractivity contribution in [3.05, 3.63) is 29.8 Å². The average molecular weight is 298 g/mol. The SMILES string of the molecule is NCC1(N2CCc3ccccc32)CCCC(C(F)(F)F)C1. The zero-order valence-corrected chi connectivity index (χ0v) is 12.0. The van der Waals surface area contributed by atoms with Crippen molar-refractivity contribution in [1.82, 2.24) is 0 Å². The molecule has 1 aliphatic carbocycles. The molecule has 2 atom stereocenters. The Morgan fingerprint density at radius 2 is 2.05 bits per heavy atom. The fraction of sp³-hybridized carbons (Fsp3) is 0.625. The van der Waals surface area contributed by atoms with E-state index in [-0.39, 0.29) is 19.4 Å². The Balaban J connectivity index is 1.91. The highest BCUT2D eigenvalue weighted by Gasteiger charge is 2.50. The van der Waals surface area contributed by atoms with Gasteiger partial charge in [-0.3, -0.25) is 0 Å². The Labute approximate surface area is 123 Å². The number of alkyl halides is 3. The summed E-state index contributed by atoms with van der Waals surface area (Å²) in [5.74, 6) is -1.22. The molecule has 0 amide bonds. The van der Waals surface area contributed by atoms with Gasteiger partial charge in [-0.2, -0.15) is 13.2 Å². The number of nitrogens with two attached hydrogens (primary N) is 1. The Bertz CT molecular complexity index is 514. The zero-order valence-electron chi connectivity index (χ0n) is 12.0. The summed E-state index contributed by atoms with van der Waals surface area (Å²) in [6, 6.07) is 8.00. The van der Waals surface area contributed by atoms with Crippen molar-refractivity contribution in [1.29, 1.82) is 0 Å². The summed E-state index contributed by atoms with van der Waals surface area (Å²) >= 11 is 0. The van der Waals surface area contributed by atoms with Crippen molar-refractivity contribution < 1.29 is 13.2 Å². The van der Waals surface area contributed by atoms with E-state index in [1.54, 1.807) is 0 Å². The lowest BCUT2D eigenvalue weighted by Gasteiger charge is -2.48. The Hall–Kier alpha value is -1.23. The Morgan fingerprint density at radius 1 is 1.29 bits per heavy atom. The molecule has 21 heavy (non-hydrogen) atoms. The van der Waals surface area contributed by atoms with Crippen LogP contribution < -0.4 is 10.6 Å². The van der Waals surface area contributed by atoms with Crippen LogP contribution in [0.3, 0.4) is 0 Å². The second kappa shape index (κ2) is 5.20. The van der Waals surface area contributed by atoms with Crippen molar-refractivity contribution in [3.63, 3.8) is 0 Å². The Kier molecular flexibility index (Phi) is 3.64. The molecule has 1 fully saturated rings. The third-order valence-corrected chi connectivity index (χ3v) is 5.12. The molecule has 0 bridgehead atoms. The second-order valence-electron chi connectivity index (χ2n) is 6.29. The molecule has 1 aromatic rings. The van der Waals surface area contributed by atoms with E-state index >= 15 is 0 Å². The lowest BCUT2D eigenvalue weighted by atomic mass is 9.74. The number of halogens is 3. The van der Waals surface area contributed by atoms with Crippen LogP contribution >= 0.6 is 0 Å². The van der Waals surface area contributed by atoms with E-state index in [4.69, 9.17) is 5.73 Å². The molecule has 0 aromatic heterocycles. The van der Waals surface area contributed by atoms with Crippen LogP contribution in [0.5, 0.6) is 0 Å². The van der Waals surface area contributed by atoms with Crippen molar-refractivity contribution in [2.24, 2.45) is 11.7 Å². The lowest BCUT2D eigenvalue weighted by Crippen LogP contribution is -2.57. The van der Waals surface area contributed by atoms with Crippen LogP contribution in [-0.2, 0) is 6.42 Å². The highest BCUT2D eigenvalue weighted by molar-refractivity contribution is 5.60. The van der Waals surface area contributed by atoms with Crippen LogP contribution in [0.4, 0.5) is 18.9 Å². The van der Waals surface area contributed by atoms with Crippen molar-refractivity contribution in [2.45, 2.75) is 43.8 Å².